The van der Waals surface area contributed by atoms with Gasteiger partial charge in [-0.2, -0.15) is 0 Å². The predicted octanol–water partition coefficient (Wildman–Crippen LogP) is 4.32. The van der Waals surface area contributed by atoms with Crippen molar-refractivity contribution in [2.45, 2.75) is 24.7 Å². The number of halogens is 2. The monoisotopic (exact) mass is 400 g/mol. The summed E-state index contributed by atoms with van der Waals surface area (Å²) >= 11 is 11.7. The average Bonchev–Trinajstić information content (AvgIpc) is 2.57. The van der Waals surface area contributed by atoms with Crippen LogP contribution in [0.5, 0.6) is 0 Å². The molecule has 0 unspecified atom stereocenters. The topological polar surface area (TPSA) is 75.3 Å². The fourth-order valence-electron chi connectivity index (χ4n) is 2.05. The van der Waals surface area contributed by atoms with Crippen LogP contribution in [-0.2, 0) is 10.0 Å². The van der Waals surface area contributed by atoms with E-state index >= 15 is 0 Å². The molecule has 2 rings (SSSR count). The minimum Gasteiger partial charge on any atom is -0.322 e. The fraction of sp³-hybridized carbons (Fsp3) is 0.235. The van der Waals surface area contributed by atoms with E-state index in [0.29, 0.717) is 22.8 Å². The molecule has 2 aromatic rings. The first kappa shape index (κ1) is 19.7. The second-order valence-corrected chi connectivity index (χ2v) is 7.94. The molecular formula is C17H18Cl2N2O3S. The van der Waals surface area contributed by atoms with Gasteiger partial charge < -0.3 is 5.32 Å². The van der Waals surface area contributed by atoms with E-state index in [2.05, 4.69) is 10.0 Å². The first-order valence-electron chi connectivity index (χ1n) is 7.69. The van der Waals surface area contributed by atoms with Crippen molar-refractivity contribution in [1.82, 2.24) is 4.72 Å². The van der Waals surface area contributed by atoms with Crippen LogP contribution in [0.3, 0.4) is 0 Å². The molecule has 25 heavy (non-hydrogen) atoms. The number of nitrogens with one attached hydrogen (secondary N) is 2. The molecule has 0 heterocycles. The molecule has 8 heteroatoms. The highest BCUT2D eigenvalue weighted by Gasteiger charge is 2.15. The molecule has 0 aliphatic rings. The quantitative estimate of drug-likeness (QED) is 0.679. The van der Waals surface area contributed by atoms with E-state index in [-0.39, 0.29) is 9.92 Å². The number of hydrogen-bond acceptors (Lipinski definition) is 3. The van der Waals surface area contributed by atoms with Crippen molar-refractivity contribution in [2.24, 2.45) is 0 Å². The molecule has 0 saturated carbocycles. The Balaban J connectivity index is 2.15. The van der Waals surface area contributed by atoms with Crippen molar-refractivity contribution in [3.8, 4) is 0 Å². The van der Waals surface area contributed by atoms with Gasteiger partial charge in [0.2, 0.25) is 10.0 Å². The van der Waals surface area contributed by atoms with Gasteiger partial charge in [0.05, 0.1) is 14.9 Å². The number of amides is 1. The largest absolute Gasteiger partial charge is 0.322 e. The van der Waals surface area contributed by atoms with Crippen molar-refractivity contribution in [3.05, 3.63) is 58.1 Å². The summed E-state index contributed by atoms with van der Waals surface area (Å²) in [7, 11) is -3.61. The highest BCUT2D eigenvalue weighted by atomic mass is 35.5. The molecule has 0 atom stereocenters. The third kappa shape index (κ3) is 5.44. The van der Waals surface area contributed by atoms with Crippen molar-refractivity contribution < 1.29 is 13.2 Å². The van der Waals surface area contributed by atoms with Crippen LogP contribution >= 0.6 is 23.2 Å². The van der Waals surface area contributed by atoms with Gasteiger partial charge in [-0.1, -0.05) is 42.6 Å². The van der Waals surface area contributed by atoms with Crippen LogP contribution in [0.4, 0.5) is 5.69 Å². The third-order valence-corrected chi connectivity index (χ3v) is 5.60. The second kappa shape index (κ2) is 8.67. The van der Waals surface area contributed by atoms with Crippen LogP contribution in [-0.4, -0.2) is 20.9 Å². The summed E-state index contributed by atoms with van der Waals surface area (Å²) in [6.07, 6.45) is 1.65. The van der Waals surface area contributed by atoms with Gasteiger partial charge in [-0.15, -0.1) is 0 Å². The normalized spacial score (nSPS) is 11.3. The molecule has 0 saturated heterocycles. The molecule has 0 radical (unpaired) electrons. The van der Waals surface area contributed by atoms with E-state index in [1.807, 2.05) is 6.92 Å². The van der Waals surface area contributed by atoms with E-state index in [0.717, 1.165) is 12.8 Å². The summed E-state index contributed by atoms with van der Waals surface area (Å²) < 4.78 is 27.0. The lowest BCUT2D eigenvalue weighted by molar-refractivity contribution is 0.102. The standard InChI is InChI=1S/C17H18Cl2N2O3S/c1-2-3-9-20-25(23,24)14-6-4-5-13(11-14)21-17(22)12-7-8-15(18)16(19)10-12/h4-8,10-11,20H,2-3,9H2,1H3,(H,21,22). The molecule has 0 aliphatic carbocycles. The van der Waals surface area contributed by atoms with Gasteiger partial charge in [0.25, 0.3) is 5.91 Å². The van der Waals surface area contributed by atoms with E-state index in [4.69, 9.17) is 23.2 Å². The summed E-state index contributed by atoms with van der Waals surface area (Å²) in [5.41, 5.74) is 0.693. The highest BCUT2D eigenvalue weighted by molar-refractivity contribution is 7.89. The minimum atomic E-state index is -3.61. The molecule has 1 amide bonds. The van der Waals surface area contributed by atoms with Gasteiger partial charge in [0.15, 0.2) is 0 Å². The maximum atomic E-state index is 12.3. The summed E-state index contributed by atoms with van der Waals surface area (Å²) in [4.78, 5) is 12.4. The Labute approximate surface area is 157 Å². The molecule has 2 aromatic carbocycles. The zero-order chi connectivity index (χ0) is 18.4. The maximum absolute atomic E-state index is 12.3. The molecule has 0 aliphatic heterocycles. The summed E-state index contributed by atoms with van der Waals surface area (Å²) in [6, 6.07) is 10.6. The molecule has 134 valence electrons. The van der Waals surface area contributed by atoms with Crippen molar-refractivity contribution in [2.75, 3.05) is 11.9 Å². The Morgan fingerprint density at radius 2 is 1.84 bits per heavy atom. The first-order chi connectivity index (χ1) is 11.8. The van der Waals surface area contributed by atoms with Crippen molar-refractivity contribution >= 4 is 44.8 Å². The SMILES string of the molecule is CCCCNS(=O)(=O)c1cccc(NC(=O)c2ccc(Cl)c(Cl)c2)c1. The number of benzene rings is 2. The van der Waals surface area contributed by atoms with Crippen LogP contribution in [0.15, 0.2) is 47.4 Å². The average molecular weight is 401 g/mol. The molecule has 0 spiro atoms. The lowest BCUT2D eigenvalue weighted by atomic mass is 10.2. The Morgan fingerprint density at radius 3 is 2.52 bits per heavy atom. The van der Waals surface area contributed by atoms with Gasteiger partial charge in [0, 0.05) is 17.8 Å². The van der Waals surface area contributed by atoms with E-state index < -0.39 is 15.9 Å². The number of sulfonamides is 1. The number of anilines is 1. The van der Waals surface area contributed by atoms with Crippen LogP contribution in [0.25, 0.3) is 0 Å². The number of rotatable bonds is 7. The van der Waals surface area contributed by atoms with Crippen LogP contribution in [0, 0.1) is 0 Å². The van der Waals surface area contributed by atoms with Gasteiger partial charge in [-0.3, -0.25) is 4.79 Å². The molecular weight excluding hydrogens is 383 g/mol. The Bertz CT molecular complexity index is 870. The van der Waals surface area contributed by atoms with E-state index in [1.54, 1.807) is 12.1 Å². The number of hydrogen-bond donors (Lipinski definition) is 2. The van der Waals surface area contributed by atoms with Crippen molar-refractivity contribution in [3.63, 3.8) is 0 Å². The van der Waals surface area contributed by atoms with Gasteiger partial charge >= 0.3 is 0 Å². The first-order valence-corrected chi connectivity index (χ1v) is 9.93. The molecule has 2 N–H and O–H groups in total. The Kier molecular flexibility index (Phi) is 6.84. The molecule has 5 nitrogen and oxygen atoms in total. The number of carbonyl (C=O) groups excluding carboxylic acids is 1. The van der Waals surface area contributed by atoms with Gasteiger partial charge in [-0.05, 0) is 42.8 Å². The third-order valence-electron chi connectivity index (χ3n) is 3.41. The number of carbonyl (C=O) groups is 1. The van der Waals surface area contributed by atoms with Gasteiger partial charge in [-0.25, -0.2) is 13.1 Å². The maximum Gasteiger partial charge on any atom is 0.255 e. The summed E-state index contributed by atoms with van der Waals surface area (Å²) in [5, 5.41) is 3.27. The highest BCUT2D eigenvalue weighted by Crippen LogP contribution is 2.23. The summed E-state index contributed by atoms with van der Waals surface area (Å²) in [6.45, 7) is 2.35. The van der Waals surface area contributed by atoms with Crippen LogP contribution in [0.1, 0.15) is 30.1 Å². The van der Waals surface area contributed by atoms with E-state index in [1.165, 1.54) is 30.3 Å². The Morgan fingerprint density at radius 1 is 1.08 bits per heavy atom. The molecule has 0 bridgehead atoms. The molecule has 0 fully saturated rings. The fourth-order valence-corrected chi connectivity index (χ4v) is 3.47. The zero-order valence-corrected chi connectivity index (χ0v) is 15.9. The van der Waals surface area contributed by atoms with Gasteiger partial charge in [0.1, 0.15) is 0 Å². The lowest BCUT2D eigenvalue weighted by Crippen LogP contribution is -2.24. The zero-order valence-electron chi connectivity index (χ0n) is 13.6. The minimum absolute atomic E-state index is 0.0931. The molecule has 0 aromatic heterocycles. The van der Waals surface area contributed by atoms with Crippen LogP contribution < -0.4 is 10.0 Å². The number of unbranched alkanes of at least 4 members (excludes halogenated alkanes) is 1. The lowest BCUT2D eigenvalue weighted by Gasteiger charge is -2.09. The van der Waals surface area contributed by atoms with Crippen LogP contribution in [0.2, 0.25) is 10.0 Å². The predicted molar refractivity (Wildman–Crippen MR) is 101 cm³/mol. The Hall–Kier alpha value is -1.60. The van der Waals surface area contributed by atoms with E-state index in [9.17, 15) is 13.2 Å². The second-order valence-electron chi connectivity index (χ2n) is 5.36. The van der Waals surface area contributed by atoms with Crippen molar-refractivity contribution in [1.29, 1.82) is 0 Å². The summed E-state index contributed by atoms with van der Waals surface area (Å²) in [5.74, 6) is -0.410. The smallest absolute Gasteiger partial charge is 0.255 e.